The van der Waals surface area contributed by atoms with Gasteiger partial charge in [0.15, 0.2) is 0 Å². The van der Waals surface area contributed by atoms with E-state index >= 15 is 0 Å². The third-order valence-electron chi connectivity index (χ3n) is 9.78. The summed E-state index contributed by atoms with van der Waals surface area (Å²) in [5, 5.41) is 11.2. The molecule has 2 aliphatic carbocycles. The molecule has 4 fully saturated rings. The summed E-state index contributed by atoms with van der Waals surface area (Å²) in [6.45, 7) is 12.4. The van der Waals surface area contributed by atoms with Gasteiger partial charge in [0, 0.05) is 0 Å². The van der Waals surface area contributed by atoms with Crippen LogP contribution < -0.4 is 4.90 Å². The second kappa shape index (κ2) is 10.5. The Kier molecular flexibility index (Phi) is 7.86. The molecule has 0 amide bonds. The third-order valence-corrected chi connectivity index (χ3v) is 18.4. The van der Waals surface area contributed by atoms with Gasteiger partial charge in [-0.05, 0) is 0 Å². The number of aliphatic hydroxyl groups is 1. The Labute approximate surface area is 226 Å². The Balaban J connectivity index is 0.00000130. The van der Waals surface area contributed by atoms with Gasteiger partial charge in [0.25, 0.3) is 0 Å². The number of anilines is 1. The van der Waals surface area contributed by atoms with Crippen LogP contribution in [0.4, 0.5) is 5.69 Å². The predicted molar refractivity (Wildman–Crippen MR) is 158 cm³/mol. The summed E-state index contributed by atoms with van der Waals surface area (Å²) < 4.78 is 16.4. The Morgan fingerprint density at radius 1 is 1.03 bits per heavy atom. The molecule has 0 radical (unpaired) electrons. The maximum absolute atomic E-state index is 11.2. The maximum atomic E-state index is 11.2. The van der Waals surface area contributed by atoms with Gasteiger partial charge in [-0.25, -0.2) is 0 Å². The van der Waals surface area contributed by atoms with E-state index in [1.54, 1.807) is 5.57 Å². The molecule has 1 aromatic rings. The number of alkyl halides is 2. The molecule has 5 atom stereocenters. The summed E-state index contributed by atoms with van der Waals surface area (Å²) in [5.41, 5.74) is 4.69. The van der Waals surface area contributed by atoms with E-state index in [-0.39, 0.29) is 17.3 Å². The van der Waals surface area contributed by atoms with Crippen molar-refractivity contribution in [3.63, 3.8) is 0 Å². The van der Waals surface area contributed by atoms with Gasteiger partial charge in [-0.1, -0.05) is 13.8 Å². The fourth-order valence-electron chi connectivity index (χ4n) is 7.56. The minimum absolute atomic E-state index is 0.105. The average Bonchev–Trinajstić information content (AvgIpc) is 3.47. The number of hydrogen-bond donors (Lipinski definition) is 1. The van der Waals surface area contributed by atoms with Crippen LogP contribution in [0.3, 0.4) is 0 Å². The molecule has 1 spiro atoms. The average molecular weight is 610 g/mol. The van der Waals surface area contributed by atoms with Crippen LogP contribution >= 0.6 is 19.8 Å². The van der Waals surface area contributed by atoms with Crippen molar-refractivity contribution in [2.45, 2.75) is 107 Å². The normalized spacial score (nSPS) is 35.7. The van der Waals surface area contributed by atoms with Crippen molar-refractivity contribution in [1.29, 1.82) is 0 Å². The predicted octanol–water partition coefficient (Wildman–Crippen LogP) is 7.28. The fourth-order valence-corrected chi connectivity index (χ4v) is 17.8. The summed E-state index contributed by atoms with van der Waals surface area (Å²) in [4.78, 5) is 2.35. The van der Waals surface area contributed by atoms with Gasteiger partial charge in [-0.15, -0.1) is 0 Å². The number of hydrogen-bond acceptors (Lipinski definition) is 4. The molecule has 0 aromatic heterocycles. The number of ether oxygens (including phenoxy) is 2. The van der Waals surface area contributed by atoms with Crippen molar-refractivity contribution in [2.75, 3.05) is 29.6 Å². The molecule has 5 aliphatic rings. The molecule has 1 aromatic carbocycles. The molecule has 0 bridgehead atoms. The molecule has 3 aliphatic heterocycles. The van der Waals surface area contributed by atoms with E-state index in [1.807, 2.05) is 17.4 Å². The summed E-state index contributed by atoms with van der Waals surface area (Å²) in [6, 6.07) is 9.96. The number of halogens is 1. The molecule has 2 saturated heterocycles. The molecular formula is C31H48INO3. The summed E-state index contributed by atoms with van der Waals surface area (Å²) in [6.07, 6.45) is 7.84. The SMILES string of the molecule is CC.CC(C)N(C)c1ccc(C2CC3(C)C(O)CCC3I3CCC4CC5(CCC4=C23)OCCO5)cc1. The number of aliphatic hydroxyl groups excluding tert-OH is 1. The van der Waals surface area contributed by atoms with Crippen LogP contribution in [0.25, 0.3) is 0 Å². The van der Waals surface area contributed by atoms with Crippen LogP contribution in [0.15, 0.2) is 33.4 Å². The first-order valence-electron chi connectivity index (χ1n) is 14.5. The zero-order chi connectivity index (χ0) is 25.7. The zero-order valence-corrected chi connectivity index (χ0v) is 25.5. The van der Waals surface area contributed by atoms with Crippen LogP contribution in [0, 0.1) is 11.3 Å². The van der Waals surface area contributed by atoms with Crippen LogP contribution in [0.5, 0.6) is 0 Å². The number of fused-ring (bicyclic) bond motifs is 4. The van der Waals surface area contributed by atoms with Crippen molar-refractivity contribution in [3.05, 3.63) is 39.0 Å². The summed E-state index contributed by atoms with van der Waals surface area (Å²) in [7, 11) is 2.19. The molecule has 2 saturated carbocycles. The van der Waals surface area contributed by atoms with E-state index in [0.29, 0.717) is 17.9 Å². The first-order chi connectivity index (χ1) is 17.3. The Morgan fingerprint density at radius 2 is 1.72 bits per heavy atom. The molecule has 36 heavy (non-hydrogen) atoms. The second-order valence-corrected chi connectivity index (χ2v) is 17.9. The van der Waals surface area contributed by atoms with Crippen molar-refractivity contribution < 1.29 is 14.6 Å². The van der Waals surface area contributed by atoms with Gasteiger partial charge in [-0.3, -0.25) is 0 Å². The second-order valence-electron chi connectivity index (χ2n) is 11.9. The molecule has 1 N–H and O–H groups in total. The van der Waals surface area contributed by atoms with Gasteiger partial charge < -0.3 is 0 Å². The van der Waals surface area contributed by atoms with E-state index in [1.165, 1.54) is 28.5 Å². The Hall–Kier alpha value is -0.630. The molecular weight excluding hydrogens is 561 g/mol. The topological polar surface area (TPSA) is 41.9 Å². The van der Waals surface area contributed by atoms with Crippen LogP contribution in [-0.4, -0.2) is 51.7 Å². The minimum atomic E-state index is -1.36. The van der Waals surface area contributed by atoms with E-state index in [9.17, 15) is 5.11 Å². The van der Waals surface area contributed by atoms with Crippen molar-refractivity contribution in [3.8, 4) is 0 Å². The molecule has 4 nitrogen and oxygen atoms in total. The Bertz CT molecular complexity index is 953. The first kappa shape index (κ1) is 27.0. The molecule has 5 heteroatoms. The van der Waals surface area contributed by atoms with Crippen molar-refractivity contribution in [1.82, 2.24) is 0 Å². The van der Waals surface area contributed by atoms with Gasteiger partial charge in [0.05, 0.1) is 0 Å². The summed E-state index contributed by atoms with van der Waals surface area (Å²) >= 11 is -1.36. The monoisotopic (exact) mass is 609 g/mol. The van der Waals surface area contributed by atoms with Gasteiger partial charge >= 0.3 is 213 Å². The molecule has 3 heterocycles. The van der Waals surface area contributed by atoms with Crippen LogP contribution in [-0.2, 0) is 9.47 Å². The van der Waals surface area contributed by atoms with Gasteiger partial charge in [0.1, 0.15) is 0 Å². The quantitative estimate of drug-likeness (QED) is 0.289. The number of benzene rings is 1. The van der Waals surface area contributed by atoms with E-state index < -0.39 is 19.8 Å². The van der Waals surface area contributed by atoms with Gasteiger partial charge in [-0.2, -0.15) is 0 Å². The van der Waals surface area contributed by atoms with Crippen LogP contribution in [0.1, 0.15) is 91.0 Å². The fraction of sp³-hybridized carbons (Fsp3) is 0.742. The summed E-state index contributed by atoms with van der Waals surface area (Å²) in [5.74, 6) is 0.839. The molecule has 5 unspecified atom stereocenters. The molecule has 6 rings (SSSR count). The van der Waals surface area contributed by atoms with Crippen LogP contribution in [0.2, 0.25) is 0 Å². The van der Waals surface area contributed by atoms with Crippen molar-refractivity contribution >= 4 is 25.5 Å². The number of rotatable bonds is 3. The van der Waals surface area contributed by atoms with E-state index in [2.05, 4.69) is 57.0 Å². The van der Waals surface area contributed by atoms with Gasteiger partial charge in [0.2, 0.25) is 0 Å². The standard InChI is InChI=1S/C29H42INO3.C2H6/c1-19(2)31(4)22-7-5-20(6-8-22)24-18-28(3)25(9-10-26(28)32)30-14-12-21-17-29(33-15-16-34-29)13-11-23(21)27(24)30;1-2/h5-8,19,21,24-26,32H,9-18H2,1-4H3;1-2H3. The van der Waals surface area contributed by atoms with E-state index in [4.69, 9.17) is 9.47 Å². The Morgan fingerprint density at radius 3 is 2.39 bits per heavy atom. The first-order valence-corrected chi connectivity index (χ1v) is 18.3. The number of nitrogens with zero attached hydrogens (tertiary/aromatic N) is 1. The third kappa shape index (κ3) is 4.48. The molecule has 202 valence electrons. The van der Waals surface area contributed by atoms with Crippen molar-refractivity contribution in [2.24, 2.45) is 11.3 Å². The van der Waals surface area contributed by atoms with E-state index in [0.717, 1.165) is 49.2 Å². The number of allylic oxidation sites excluding steroid dienone is 2. The zero-order valence-electron chi connectivity index (χ0n) is 23.4.